The molecule has 1 atom stereocenters. The number of rotatable bonds is 5. The van der Waals surface area contributed by atoms with Crippen LogP contribution in [-0.4, -0.2) is 66.4 Å². The molecule has 5 rings (SSSR count). The van der Waals surface area contributed by atoms with E-state index in [1.54, 1.807) is 4.90 Å². The summed E-state index contributed by atoms with van der Waals surface area (Å²) in [5, 5.41) is 2.78. The highest BCUT2D eigenvalue weighted by molar-refractivity contribution is 6.32. The summed E-state index contributed by atoms with van der Waals surface area (Å²) in [6.07, 6.45) is -0.496. The van der Waals surface area contributed by atoms with Crippen molar-refractivity contribution in [1.29, 1.82) is 0 Å². The minimum atomic E-state index is -4.60. The van der Waals surface area contributed by atoms with Gasteiger partial charge in [0, 0.05) is 38.6 Å². The quantitative estimate of drug-likeness (QED) is 0.594. The van der Waals surface area contributed by atoms with Gasteiger partial charge in [0.15, 0.2) is 0 Å². The van der Waals surface area contributed by atoms with E-state index >= 15 is 0 Å². The van der Waals surface area contributed by atoms with Gasteiger partial charge in [0.25, 0.3) is 5.91 Å². The zero-order valence-electron chi connectivity index (χ0n) is 20.0. The number of ether oxygens (including phenoxy) is 1. The van der Waals surface area contributed by atoms with Gasteiger partial charge in [-0.15, -0.1) is 0 Å². The topological polar surface area (TPSA) is 79.0 Å². The van der Waals surface area contributed by atoms with Crippen molar-refractivity contribution in [2.24, 2.45) is 23.7 Å². The summed E-state index contributed by atoms with van der Waals surface area (Å²) in [7, 11) is 0. The van der Waals surface area contributed by atoms with Crippen molar-refractivity contribution in [3.05, 3.63) is 33.8 Å². The Labute approximate surface area is 212 Å². The van der Waals surface area contributed by atoms with E-state index in [0.29, 0.717) is 44.5 Å². The maximum atomic E-state index is 13.8. The first-order valence-electron chi connectivity index (χ1n) is 12.5. The molecule has 3 heterocycles. The molecule has 7 nitrogen and oxygen atoms in total. The summed E-state index contributed by atoms with van der Waals surface area (Å²) in [5.74, 6) is -2.22. The van der Waals surface area contributed by atoms with Crippen LogP contribution in [-0.2, 0) is 19.1 Å². The second-order valence-electron chi connectivity index (χ2n) is 10.2. The Kier molecular flexibility index (Phi) is 6.59. The molecule has 3 fully saturated rings. The molecular weight excluding hydrogens is 499 g/mol. The molecule has 0 aromatic rings. The molecule has 3 amide bonds. The Morgan fingerprint density at radius 1 is 1.08 bits per heavy atom. The van der Waals surface area contributed by atoms with Crippen LogP contribution < -0.4 is 5.32 Å². The van der Waals surface area contributed by atoms with E-state index in [4.69, 9.17) is 16.3 Å². The molecule has 1 unspecified atom stereocenters. The zero-order valence-corrected chi connectivity index (χ0v) is 20.8. The van der Waals surface area contributed by atoms with Crippen molar-refractivity contribution in [3.63, 3.8) is 0 Å². The summed E-state index contributed by atoms with van der Waals surface area (Å²) in [4.78, 5) is 41.0. The minimum Gasteiger partial charge on any atom is -0.453 e. The zero-order chi connectivity index (χ0) is 25.8. The number of carbonyl (C=O) groups is 3. The van der Waals surface area contributed by atoms with Crippen molar-refractivity contribution < 1.29 is 32.3 Å². The van der Waals surface area contributed by atoms with E-state index < -0.39 is 23.6 Å². The first-order chi connectivity index (χ1) is 17.1. The number of hydrogen-bond donors (Lipinski definition) is 1. The highest BCUT2D eigenvalue weighted by Gasteiger charge is 2.49. The monoisotopic (exact) mass is 527 g/mol. The molecule has 36 heavy (non-hydrogen) atoms. The highest BCUT2D eigenvalue weighted by atomic mass is 35.5. The van der Waals surface area contributed by atoms with Crippen LogP contribution >= 0.6 is 11.6 Å². The molecule has 1 saturated carbocycles. The fourth-order valence-electron chi connectivity index (χ4n) is 5.46. The van der Waals surface area contributed by atoms with Crippen molar-refractivity contribution >= 4 is 29.3 Å². The van der Waals surface area contributed by atoms with Crippen molar-refractivity contribution in [1.82, 2.24) is 15.1 Å². The Balaban J connectivity index is 1.20. The molecule has 0 aromatic heterocycles. The number of alkyl halides is 3. The lowest BCUT2D eigenvalue weighted by molar-refractivity contribution is -0.149. The average Bonchev–Trinajstić information content (AvgIpc) is 3.60. The number of amides is 3. The number of hydrogen-bond acceptors (Lipinski definition) is 4. The molecule has 2 saturated heterocycles. The molecule has 5 aliphatic rings. The van der Waals surface area contributed by atoms with Gasteiger partial charge in [0.05, 0.1) is 22.4 Å². The number of carbonyl (C=O) groups excluding carboxylic acids is 3. The maximum absolute atomic E-state index is 13.8. The third-order valence-corrected chi connectivity index (χ3v) is 8.17. The lowest BCUT2D eigenvalue weighted by Gasteiger charge is -2.41. The van der Waals surface area contributed by atoms with Crippen LogP contribution in [0.4, 0.5) is 13.2 Å². The van der Waals surface area contributed by atoms with Crippen LogP contribution in [0.5, 0.6) is 0 Å². The number of nitrogens with one attached hydrogen (secondary N) is 1. The van der Waals surface area contributed by atoms with Crippen LogP contribution in [0, 0.1) is 23.7 Å². The molecule has 0 spiro atoms. The Morgan fingerprint density at radius 3 is 2.33 bits per heavy atom. The number of allylic oxidation sites excluding steroid dienone is 4. The predicted molar refractivity (Wildman–Crippen MR) is 124 cm³/mol. The van der Waals surface area contributed by atoms with Gasteiger partial charge < -0.3 is 19.9 Å². The highest BCUT2D eigenvalue weighted by Crippen LogP contribution is 2.52. The van der Waals surface area contributed by atoms with Crippen LogP contribution in [0.3, 0.4) is 0 Å². The summed E-state index contributed by atoms with van der Waals surface area (Å²) >= 11 is 6.47. The SMILES string of the molecule is CCNC(=O)C1CN(C(=O)C2CCN(C(=O)C3=C(Cl)C4CC(C5CC5)=CC(C(F)(F)F)=C4O3)CC2)C1. The van der Waals surface area contributed by atoms with E-state index in [1.165, 1.54) is 11.0 Å². The molecule has 0 radical (unpaired) electrons. The van der Waals surface area contributed by atoms with Gasteiger partial charge in [0.2, 0.25) is 17.6 Å². The largest absolute Gasteiger partial charge is 0.453 e. The standard InChI is InChI=1S/C25H29ClF3N3O4/c1-2-30-22(33)16-11-32(12-16)23(34)14-5-7-31(8-6-14)24(35)21-19(26)17-9-15(13-3-4-13)10-18(20(17)36-21)25(27,28)29/h10,13-14,16-17H,2-9,11-12H2,1H3,(H,30,33). The number of halogens is 4. The van der Waals surface area contributed by atoms with Crippen LogP contribution in [0.1, 0.15) is 39.0 Å². The number of nitrogens with zero attached hydrogens (tertiary/aromatic N) is 2. The van der Waals surface area contributed by atoms with Crippen molar-refractivity contribution in [2.75, 3.05) is 32.7 Å². The molecule has 196 valence electrons. The number of piperidine rings is 1. The molecule has 0 bridgehead atoms. The molecule has 0 aromatic carbocycles. The first kappa shape index (κ1) is 25.2. The Morgan fingerprint density at radius 2 is 1.75 bits per heavy atom. The maximum Gasteiger partial charge on any atom is 0.419 e. The number of fused-ring (bicyclic) bond motifs is 1. The van der Waals surface area contributed by atoms with E-state index in [9.17, 15) is 27.6 Å². The second kappa shape index (κ2) is 9.43. The van der Waals surface area contributed by atoms with Crippen LogP contribution in [0.25, 0.3) is 0 Å². The van der Waals surface area contributed by atoms with Crippen LogP contribution in [0.15, 0.2) is 33.8 Å². The average molecular weight is 528 g/mol. The minimum absolute atomic E-state index is 0.0261. The number of likely N-dealkylation sites (tertiary alicyclic amines) is 2. The van der Waals surface area contributed by atoms with E-state index in [-0.39, 0.29) is 59.2 Å². The van der Waals surface area contributed by atoms with E-state index in [2.05, 4.69) is 5.32 Å². The Hall–Kier alpha value is -2.49. The van der Waals surface area contributed by atoms with E-state index in [1.807, 2.05) is 6.92 Å². The lowest BCUT2D eigenvalue weighted by atomic mass is 9.86. The Bertz CT molecular complexity index is 1060. The summed E-state index contributed by atoms with van der Waals surface area (Å²) in [6, 6.07) is 0. The third kappa shape index (κ3) is 4.64. The van der Waals surface area contributed by atoms with Gasteiger partial charge in [-0.3, -0.25) is 14.4 Å². The smallest absolute Gasteiger partial charge is 0.419 e. The van der Waals surface area contributed by atoms with Gasteiger partial charge in [-0.1, -0.05) is 17.2 Å². The first-order valence-corrected chi connectivity index (χ1v) is 12.9. The van der Waals surface area contributed by atoms with Gasteiger partial charge in [-0.25, -0.2) is 0 Å². The predicted octanol–water partition coefficient (Wildman–Crippen LogP) is 3.47. The van der Waals surface area contributed by atoms with E-state index in [0.717, 1.165) is 12.8 Å². The molecule has 2 aliphatic carbocycles. The van der Waals surface area contributed by atoms with Gasteiger partial charge in [-0.05, 0) is 51.0 Å². The second-order valence-corrected chi connectivity index (χ2v) is 10.6. The van der Waals surface area contributed by atoms with Gasteiger partial charge in [0.1, 0.15) is 5.76 Å². The summed E-state index contributed by atoms with van der Waals surface area (Å²) in [5.41, 5.74) is -0.141. The van der Waals surface area contributed by atoms with Crippen LogP contribution in [0.2, 0.25) is 0 Å². The molecular formula is C25H29ClF3N3O4. The van der Waals surface area contributed by atoms with Crippen molar-refractivity contribution in [3.8, 4) is 0 Å². The van der Waals surface area contributed by atoms with Gasteiger partial charge in [-0.2, -0.15) is 13.2 Å². The van der Waals surface area contributed by atoms with Gasteiger partial charge >= 0.3 is 6.18 Å². The summed E-state index contributed by atoms with van der Waals surface area (Å²) in [6.45, 7) is 3.75. The normalized spacial score (nSPS) is 25.4. The fraction of sp³-hybridized carbons (Fsp3) is 0.640. The molecule has 3 aliphatic heterocycles. The fourth-order valence-corrected chi connectivity index (χ4v) is 5.76. The van der Waals surface area contributed by atoms with Crippen molar-refractivity contribution in [2.45, 2.75) is 45.2 Å². The summed E-state index contributed by atoms with van der Waals surface area (Å²) < 4.78 is 46.9. The molecule has 11 heteroatoms. The lowest BCUT2D eigenvalue weighted by Crippen LogP contribution is -2.57. The third-order valence-electron chi connectivity index (χ3n) is 7.73. The molecule has 1 N–H and O–H groups in total.